The molecule has 1 aromatic heterocycles. The van der Waals surface area contributed by atoms with E-state index in [9.17, 15) is 13.2 Å². The summed E-state index contributed by atoms with van der Waals surface area (Å²) in [6.07, 6.45) is 4.75. The van der Waals surface area contributed by atoms with E-state index in [1.165, 1.54) is 0 Å². The van der Waals surface area contributed by atoms with Crippen molar-refractivity contribution in [3.05, 3.63) is 16.5 Å². The van der Waals surface area contributed by atoms with E-state index in [1.54, 1.807) is 11.8 Å². The van der Waals surface area contributed by atoms with E-state index in [0.717, 1.165) is 31.1 Å². The zero-order chi connectivity index (χ0) is 15.2. The number of carbonyl (C=O) groups is 1. The van der Waals surface area contributed by atoms with Gasteiger partial charge in [0.25, 0.3) is 0 Å². The molecule has 0 atom stereocenters. The monoisotopic (exact) mass is 385 g/mol. The van der Waals surface area contributed by atoms with Crippen LogP contribution in [0.15, 0.2) is 20.0 Å². The molecule has 114 valence electrons. The number of sulfonamides is 1. The normalized spacial score (nSPS) is 11.7. The molecule has 0 unspecified atom stereocenters. The van der Waals surface area contributed by atoms with E-state index < -0.39 is 21.8 Å². The van der Waals surface area contributed by atoms with Crippen LogP contribution in [0.1, 0.15) is 29.8 Å². The molecule has 0 bridgehead atoms. The second-order valence-electron chi connectivity index (χ2n) is 4.00. The molecule has 20 heavy (non-hydrogen) atoms. The number of furan rings is 1. The minimum Gasteiger partial charge on any atom is -0.475 e. The Bertz CT molecular complexity index is 555. The van der Waals surface area contributed by atoms with Crippen LogP contribution in [0.2, 0.25) is 0 Å². The number of nitrogens with one attached hydrogen (secondary N) is 1. The molecule has 0 saturated heterocycles. The van der Waals surface area contributed by atoms with Gasteiger partial charge in [0.1, 0.15) is 4.90 Å². The van der Waals surface area contributed by atoms with Crippen molar-refractivity contribution in [1.82, 2.24) is 4.72 Å². The maximum Gasteiger partial charge on any atom is 0.371 e. The molecule has 0 spiro atoms. The Hall–Kier alpha value is -0.510. The van der Waals surface area contributed by atoms with E-state index in [1.807, 2.05) is 6.26 Å². The first-order valence-electron chi connectivity index (χ1n) is 5.89. The van der Waals surface area contributed by atoms with Gasteiger partial charge in [-0.15, -0.1) is 0 Å². The molecule has 1 rings (SSSR count). The molecule has 0 saturated carbocycles. The van der Waals surface area contributed by atoms with Crippen molar-refractivity contribution in [2.24, 2.45) is 0 Å². The van der Waals surface area contributed by atoms with Gasteiger partial charge >= 0.3 is 5.97 Å². The van der Waals surface area contributed by atoms with Gasteiger partial charge in [-0.05, 0) is 40.8 Å². The number of thioether (sulfide) groups is 1. The lowest BCUT2D eigenvalue weighted by atomic mass is 10.2. The molecule has 1 heterocycles. The summed E-state index contributed by atoms with van der Waals surface area (Å²) in [5.41, 5.74) is 0. The van der Waals surface area contributed by atoms with Crippen LogP contribution in [-0.4, -0.2) is 38.0 Å². The number of carboxylic acid groups (broad SMARTS) is 1. The highest BCUT2D eigenvalue weighted by molar-refractivity contribution is 9.10. The molecule has 0 radical (unpaired) electrons. The first-order valence-corrected chi connectivity index (χ1v) is 9.56. The van der Waals surface area contributed by atoms with Crippen molar-refractivity contribution in [1.29, 1.82) is 0 Å². The molecule has 0 amide bonds. The average Bonchev–Trinajstić information content (AvgIpc) is 2.77. The highest BCUT2D eigenvalue weighted by Crippen LogP contribution is 2.26. The Morgan fingerprint density at radius 2 is 2.15 bits per heavy atom. The van der Waals surface area contributed by atoms with Crippen LogP contribution in [0.5, 0.6) is 0 Å². The number of halogens is 1. The van der Waals surface area contributed by atoms with Gasteiger partial charge in [0.15, 0.2) is 4.67 Å². The Labute approximate surface area is 130 Å². The number of carboxylic acids is 1. The molecular formula is C11H16BrNO5S2. The van der Waals surface area contributed by atoms with Crippen LogP contribution < -0.4 is 4.72 Å². The molecule has 6 nitrogen and oxygen atoms in total. The summed E-state index contributed by atoms with van der Waals surface area (Å²) in [7, 11) is -3.76. The summed E-state index contributed by atoms with van der Waals surface area (Å²) in [6, 6.07) is 0.989. The second-order valence-corrected chi connectivity index (χ2v) is 7.45. The highest BCUT2D eigenvalue weighted by atomic mass is 79.9. The molecule has 9 heteroatoms. The minimum atomic E-state index is -3.76. The van der Waals surface area contributed by atoms with Gasteiger partial charge in [0, 0.05) is 12.6 Å². The van der Waals surface area contributed by atoms with Gasteiger partial charge in [-0.2, -0.15) is 11.8 Å². The lowest BCUT2D eigenvalue weighted by Crippen LogP contribution is -2.24. The molecule has 2 N–H and O–H groups in total. The lowest BCUT2D eigenvalue weighted by Gasteiger charge is -2.04. The molecule has 0 fully saturated rings. The Morgan fingerprint density at radius 1 is 1.45 bits per heavy atom. The standard InChI is InChI=1S/C11H16BrNO5S2/c1-19-6-4-2-3-5-13-20(16,17)9-7-8(11(14)15)18-10(9)12/h7,13H,2-6H2,1H3,(H,14,15). The summed E-state index contributed by atoms with van der Waals surface area (Å²) in [5.74, 6) is -0.677. The molecular weight excluding hydrogens is 370 g/mol. The van der Waals surface area contributed by atoms with E-state index in [0.29, 0.717) is 6.54 Å². The zero-order valence-corrected chi connectivity index (χ0v) is 14.1. The van der Waals surface area contributed by atoms with E-state index >= 15 is 0 Å². The predicted octanol–water partition coefficient (Wildman–Crippen LogP) is 2.55. The van der Waals surface area contributed by atoms with Crippen molar-refractivity contribution < 1.29 is 22.7 Å². The predicted molar refractivity (Wildman–Crippen MR) is 80.8 cm³/mol. The van der Waals surface area contributed by atoms with Gasteiger partial charge in [0.05, 0.1) is 0 Å². The third-order valence-electron chi connectivity index (χ3n) is 2.47. The van der Waals surface area contributed by atoms with Crippen molar-refractivity contribution in [3.63, 3.8) is 0 Å². The fraction of sp³-hybridized carbons (Fsp3) is 0.545. The number of rotatable bonds is 9. The quantitative estimate of drug-likeness (QED) is 0.634. The van der Waals surface area contributed by atoms with Gasteiger partial charge < -0.3 is 9.52 Å². The number of unbranched alkanes of at least 4 members (excludes halogenated alkanes) is 2. The van der Waals surface area contributed by atoms with Crippen molar-refractivity contribution in [2.75, 3.05) is 18.6 Å². The second kappa shape index (κ2) is 8.06. The molecule has 1 aromatic rings. The Kier molecular flexibility index (Phi) is 7.07. The topological polar surface area (TPSA) is 96.6 Å². The van der Waals surface area contributed by atoms with Crippen molar-refractivity contribution in [3.8, 4) is 0 Å². The molecule has 0 aliphatic heterocycles. The fourth-order valence-corrected chi connectivity index (χ4v) is 3.98. The largest absolute Gasteiger partial charge is 0.475 e. The van der Waals surface area contributed by atoms with Crippen LogP contribution in [0.25, 0.3) is 0 Å². The van der Waals surface area contributed by atoms with Gasteiger partial charge in [-0.3, -0.25) is 0 Å². The first-order chi connectivity index (χ1) is 9.38. The lowest BCUT2D eigenvalue weighted by molar-refractivity contribution is 0.0661. The van der Waals surface area contributed by atoms with Crippen LogP contribution in [0.3, 0.4) is 0 Å². The summed E-state index contributed by atoms with van der Waals surface area (Å²) in [4.78, 5) is 10.5. The smallest absolute Gasteiger partial charge is 0.371 e. The third kappa shape index (κ3) is 5.12. The maximum atomic E-state index is 12.0. The van der Waals surface area contributed by atoms with E-state index in [4.69, 9.17) is 9.52 Å². The van der Waals surface area contributed by atoms with Crippen LogP contribution >= 0.6 is 27.7 Å². The molecule has 0 aliphatic carbocycles. The van der Waals surface area contributed by atoms with Crippen molar-refractivity contribution >= 4 is 43.7 Å². The number of hydrogen-bond acceptors (Lipinski definition) is 5. The van der Waals surface area contributed by atoms with Gasteiger partial charge in [0.2, 0.25) is 15.8 Å². The average molecular weight is 386 g/mol. The van der Waals surface area contributed by atoms with Crippen LogP contribution in [-0.2, 0) is 10.0 Å². The molecule has 0 aromatic carbocycles. The Morgan fingerprint density at radius 3 is 2.70 bits per heavy atom. The SMILES string of the molecule is CSCCCCCNS(=O)(=O)c1cc(C(=O)O)oc1Br. The summed E-state index contributed by atoms with van der Waals surface area (Å²) >= 11 is 4.67. The number of aromatic carboxylic acids is 1. The van der Waals surface area contributed by atoms with E-state index in [2.05, 4.69) is 20.7 Å². The minimum absolute atomic E-state index is 0.107. The van der Waals surface area contributed by atoms with Crippen LogP contribution in [0.4, 0.5) is 0 Å². The number of hydrogen-bond donors (Lipinski definition) is 2. The zero-order valence-electron chi connectivity index (χ0n) is 10.9. The summed E-state index contributed by atoms with van der Waals surface area (Å²) in [6.45, 7) is 0.316. The maximum absolute atomic E-state index is 12.0. The fourth-order valence-electron chi connectivity index (χ4n) is 1.47. The third-order valence-corrected chi connectivity index (χ3v) is 5.49. The van der Waals surface area contributed by atoms with E-state index in [-0.39, 0.29) is 9.56 Å². The van der Waals surface area contributed by atoms with Crippen molar-refractivity contribution in [2.45, 2.75) is 24.2 Å². The summed E-state index contributed by atoms with van der Waals surface area (Å²) in [5, 5.41) is 8.75. The van der Waals surface area contributed by atoms with Crippen LogP contribution in [0, 0.1) is 0 Å². The molecule has 0 aliphatic rings. The highest BCUT2D eigenvalue weighted by Gasteiger charge is 2.24. The van der Waals surface area contributed by atoms with Gasteiger partial charge in [-0.1, -0.05) is 6.42 Å². The Balaban J connectivity index is 2.58. The summed E-state index contributed by atoms with van der Waals surface area (Å²) < 4.78 is 31.1. The van der Waals surface area contributed by atoms with Gasteiger partial charge in [-0.25, -0.2) is 17.9 Å². The first kappa shape index (κ1) is 17.5.